The molecule has 1 unspecified atom stereocenters. The molecule has 1 N–H and O–H groups in total. The predicted molar refractivity (Wildman–Crippen MR) is 82.4 cm³/mol. The second-order valence-electron chi connectivity index (χ2n) is 6.41. The zero-order valence-corrected chi connectivity index (χ0v) is 14.4. The van der Waals surface area contributed by atoms with Crippen molar-refractivity contribution in [3.63, 3.8) is 0 Å². The van der Waals surface area contributed by atoms with Crippen molar-refractivity contribution in [1.82, 2.24) is 0 Å². The molecule has 0 aliphatic heterocycles. The highest BCUT2D eigenvalue weighted by Gasteiger charge is 2.37. The number of aliphatic carboxylic acids is 1. The van der Waals surface area contributed by atoms with Gasteiger partial charge in [-0.1, -0.05) is 20.8 Å². The Morgan fingerprint density at radius 1 is 1.42 bits per heavy atom. The van der Waals surface area contributed by atoms with Gasteiger partial charge in [0.15, 0.2) is 8.32 Å². The number of hydrogen-bond acceptors (Lipinski definition) is 3. The molecule has 0 fully saturated rings. The van der Waals surface area contributed by atoms with Gasteiger partial charge >= 0.3 is 5.97 Å². The van der Waals surface area contributed by atoms with Gasteiger partial charge in [-0.15, -0.1) is 11.3 Å². The number of hydrogen-bond donors (Lipinski definition) is 1. The Hall–Kier alpha value is -0.653. The molecule has 0 aliphatic rings. The van der Waals surface area contributed by atoms with Gasteiger partial charge in [-0.3, -0.25) is 4.79 Å². The van der Waals surface area contributed by atoms with Crippen LogP contribution in [0.25, 0.3) is 0 Å². The molecule has 0 bridgehead atoms. The van der Waals surface area contributed by atoms with Gasteiger partial charge in [-0.05, 0) is 37.2 Å². The standard InChI is InChI=1S/C14H24O3SSi/c1-10(13(15)16)12-8-7-11(18-12)9-17-19(5,6)14(2,3)4/h7-8,10H,9H2,1-6H3,(H,15,16). The third kappa shape index (κ3) is 4.16. The van der Waals surface area contributed by atoms with Crippen LogP contribution in [0.15, 0.2) is 12.1 Å². The van der Waals surface area contributed by atoms with Crippen LogP contribution in [0.3, 0.4) is 0 Å². The molecule has 0 radical (unpaired) electrons. The molecule has 1 aromatic rings. The molecule has 3 nitrogen and oxygen atoms in total. The van der Waals surface area contributed by atoms with E-state index in [0.29, 0.717) is 6.61 Å². The average Bonchev–Trinajstić information content (AvgIpc) is 2.72. The Kier molecular flexibility index (Phi) is 4.98. The van der Waals surface area contributed by atoms with Crippen molar-refractivity contribution in [3.8, 4) is 0 Å². The summed E-state index contributed by atoms with van der Waals surface area (Å²) in [6.45, 7) is 13.4. The molecule has 108 valence electrons. The predicted octanol–water partition coefficient (Wildman–Crippen LogP) is 4.46. The van der Waals surface area contributed by atoms with Gasteiger partial charge in [-0.25, -0.2) is 0 Å². The van der Waals surface area contributed by atoms with Gasteiger partial charge in [0.1, 0.15) is 0 Å². The van der Waals surface area contributed by atoms with E-state index in [0.717, 1.165) is 9.75 Å². The topological polar surface area (TPSA) is 46.5 Å². The minimum atomic E-state index is -1.74. The van der Waals surface area contributed by atoms with Gasteiger partial charge in [0, 0.05) is 9.75 Å². The molecular weight excluding hydrogens is 276 g/mol. The average molecular weight is 300 g/mol. The summed E-state index contributed by atoms with van der Waals surface area (Å²) in [4.78, 5) is 12.9. The fourth-order valence-corrected chi connectivity index (χ4v) is 3.32. The Labute approximate surface area is 120 Å². The van der Waals surface area contributed by atoms with Gasteiger partial charge in [-0.2, -0.15) is 0 Å². The first-order chi connectivity index (χ1) is 8.54. The number of carboxylic acid groups (broad SMARTS) is 1. The maximum absolute atomic E-state index is 10.9. The van der Waals surface area contributed by atoms with E-state index in [1.165, 1.54) is 11.3 Å². The van der Waals surface area contributed by atoms with E-state index in [2.05, 4.69) is 33.9 Å². The SMILES string of the molecule is CC(C(=O)O)c1ccc(CO[Si](C)(C)C(C)(C)C)s1. The smallest absolute Gasteiger partial charge is 0.311 e. The number of thiophene rings is 1. The van der Waals surface area contributed by atoms with Crippen LogP contribution < -0.4 is 0 Å². The lowest BCUT2D eigenvalue weighted by Crippen LogP contribution is -2.40. The van der Waals surface area contributed by atoms with Gasteiger partial charge < -0.3 is 9.53 Å². The highest BCUT2D eigenvalue weighted by atomic mass is 32.1. The molecule has 1 heterocycles. The third-order valence-electron chi connectivity index (χ3n) is 3.86. The fourth-order valence-electron chi connectivity index (χ4n) is 1.29. The zero-order valence-electron chi connectivity index (χ0n) is 12.6. The summed E-state index contributed by atoms with van der Waals surface area (Å²) in [6, 6.07) is 3.88. The van der Waals surface area contributed by atoms with Crippen LogP contribution in [0.1, 0.15) is 43.4 Å². The summed E-state index contributed by atoms with van der Waals surface area (Å²) in [7, 11) is -1.74. The largest absolute Gasteiger partial charge is 0.481 e. The molecule has 1 rings (SSSR count). The molecule has 0 saturated heterocycles. The molecule has 0 spiro atoms. The Morgan fingerprint density at radius 2 is 2.00 bits per heavy atom. The van der Waals surface area contributed by atoms with Crippen LogP contribution in [-0.4, -0.2) is 19.4 Å². The van der Waals surface area contributed by atoms with Crippen LogP contribution in [-0.2, 0) is 15.8 Å². The first-order valence-corrected chi connectivity index (χ1v) is 10.2. The summed E-state index contributed by atoms with van der Waals surface area (Å²) in [5.74, 6) is -1.22. The van der Waals surface area contributed by atoms with Crippen molar-refractivity contribution in [3.05, 3.63) is 21.9 Å². The summed E-state index contributed by atoms with van der Waals surface area (Å²) < 4.78 is 6.14. The minimum Gasteiger partial charge on any atom is -0.481 e. The van der Waals surface area contributed by atoms with Crippen LogP contribution in [0.4, 0.5) is 0 Å². The van der Waals surface area contributed by atoms with Crippen LogP contribution in [0, 0.1) is 0 Å². The van der Waals surface area contributed by atoms with Crippen molar-refractivity contribution < 1.29 is 14.3 Å². The first kappa shape index (κ1) is 16.4. The summed E-state index contributed by atoms with van der Waals surface area (Å²) in [5, 5.41) is 9.19. The molecular formula is C14H24O3SSi. The van der Waals surface area contributed by atoms with Crippen molar-refractivity contribution in [2.45, 2.75) is 58.4 Å². The normalized spacial score (nSPS) is 14.4. The summed E-state index contributed by atoms with van der Waals surface area (Å²) in [5.41, 5.74) is 0. The van der Waals surface area contributed by atoms with Gasteiger partial charge in [0.25, 0.3) is 0 Å². The van der Waals surface area contributed by atoms with E-state index in [1.807, 2.05) is 12.1 Å². The van der Waals surface area contributed by atoms with Crippen LogP contribution in [0.5, 0.6) is 0 Å². The highest BCUT2D eigenvalue weighted by molar-refractivity contribution is 7.12. The maximum atomic E-state index is 10.9. The monoisotopic (exact) mass is 300 g/mol. The number of carbonyl (C=O) groups is 1. The van der Waals surface area contributed by atoms with Gasteiger partial charge in [0.05, 0.1) is 12.5 Å². The lowest BCUT2D eigenvalue weighted by atomic mass is 10.1. The van der Waals surface area contributed by atoms with Gasteiger partial charge in [0.2, 0.25) is 0 Å². The number of rotatable bonds is 5. The highest BCUT2D eigenvalue weighted by Crippen LogP contribution is 2.37. The maximum Gasteiger partial charge on any atom is 0.311 e. The Morgan fingerprint density at radius 3 is 2.47 bits per heavy atom. The van der Waals surface area contributed by atoms with Crippen LogP contribution in [0.2, 0.25) is 18.1 Å². The lowest BCUT2D eigenvalue weighted by Gasteiger charge is -2.36. The third-order valence-corrected chi connectivity index (χ3v) is 9.58. The molecule has 0 aliphatic carbocycles. The second-order valence-corrected chi connectivity index (χ2v) is 12.4. The summed E-state index contributed by atoms with van der Waals surface area (Å²) in [6.07, 6.45) is 0. The Balaban J connectivity index is 2.68. The molecule has 0 aromatic carbocycles. The van der Waals surface area contributed by atoms with E-state index >= 15 is 0 Å². The summed E-state index contributed by atoms with van der Waals surface area (Å²) >= 11 is 1.54. The molecule has 1 atom stereocenters. The first-order valence-electron chi connectivity index (χ1n) is 6.50. The van der Waals surface area contributed by atoms with E-state index in [9.17, 15) is 4.79 Å². The van der Waals surface area contributed by atoms with Crippen LogP contribution >= 0.6 is 11.3 Å². The zero-order chi connectivity index (χ0) is 14.8. The second kappa shape index (κ2) is 5.77. The quantitative estimate of drug-likeness (QED) is 0.817. The van der Waals surface area contributed by atoms with Crippen molar-refractivity contribution in [2.75, 3.05) is 0 Å². The molecule has 5 heteroatoms. The number of carboxylic acids is 1. The van der Waals surface area contributed by atoms with E-state index in [-0.39, 0.29) is 5.04 Å². The van der Waals surface area contributed by atoms with Crippen molar-refractivity contribution >= 4 is 25.6 Å². The van der Waals surface area contributed by atoms with Crippen molar-refractivity contribution in [2.24, 2.45) is 0 Å². The fraction of sp³-hybridized carbons (Fsp3) is 0.643. The lowest BCUT2D eigenvalue weighted by molar-refractivity contribution is -0.138. The minimum absolute atomic E-state index is 0.196. The van der Waals surface area contributed by atoms with Crippen molar-refractivity contribution in [1.29, 1.82) is 0 Å². The molecule has 0 amide bonds. The molecule has 1 aromatic heterocycles. The molecule has 0 saturated carbocycles. The van der Waals surface area contributed by atoms with E-state index in [4.69, 9.17) is 9.53 Å². The van der Waals surface area contributed by atoms with E-state index in [1.54, 1.807) is 6.92 Å². The Bertz CT molecular complexity index is 446. The molecule has 19 heavy (non-hydrogen) atoms. The van der Waals surface area contributed by atoms with E-state index < -0.39 is 20.2 Å².